The van der Waals surface area contributed by atoms with Gasteiger partial charge in [-0.05, 0) is 56.9 Å². The molecule has 2 aromatic rings. The van der Waals surface area contributed by atoms with Gasteiger partial charge in [-0.3, -0.25) is 14.3 Å². The van der Waals surface area contributed by atoms with E-state index in [0.29, 0.717) is 25.0 Å². The molecular weight excluding hydrogens is 588 g/mol. The Hall–Kier alpha value is -3.77. The summed E-state index contributed by atoms with van der Waals surface area (Å²) in [6.45, 7) is 1.61. The predicted octanol–water partition coefficient (Wildman–Crippen LogP) is 7.42. The van der Waals surface area contributed by atoms with Crippen molar-refractivity contribution in [2.75, 3.05) is 17.2 Å². The quantitative estimate of drug-likeness (QED) is 0.0407. The molecule has 43 heavy (non-hydrogen) atoms. The van der Waals surface area contributed by atoms with Gasteiger partial charge >= 0.3 is 5.97 Å². The number of unbranched alkanes of at least 4 members (excludes halogenated alkanes) is 3. The van der Waals surface area contributed by atoms with Crippen LogP contribution in [-0.2, 0) is 20.3 Å². The fourth-order valence-electron chi connectivity index (χ4n) is 5.14. The molecule has 0 aliphatic carbocycles. The lowest BCUT2D eigenvalue weighted by Crippen LogP contribution is -2.30. The summed E-state index contributed by atoms with van der Waals surface area (Å²) in [5.74, 6) is -8.49. The first-order chi connectivity index (χ1) is 20.4. The molecule has 12 heteroatoms. The molecule has 0 spiro atoms. The molecule has 1 atom stereocenters. The molecule has 1 heterocycles. The molecule has 0 radical (unpaired) electrons. The van der Waals surface area contributed by atoms with Crippen molar-refractivity contribution in [3.63, 3.8) is 0 Å². The van der Waals surface area contributed by atoms with Gasteiger partial charge in [0, 0.05) is 35.9 Å². The summed E-state index contributed by atoms with van der Waals surface area (Å²) in [7, 11) is -4.26. The Morgan fingerprint density at radius 1 is 0.907 bits per heavy atom. The Kier molecular flexibility index (Phi) is 11.8. The van der Waals surface area contributed by atoms with Crippen molar-refractivity contribution in [2.24, 2.45) is 4.99 Å². The molecule has 0 fully saturated rings. The van der Waals surface area contributed by atoms with Gasteiger partial charge in [0.25, 0.3) is 10.1 Å². The summed E-state index contributed by atoms with van der Waals surface area (Å²) in [6.07, 6.45) is 11.0. The Labute approximate surface area is 248 Å². The number of nitrogens with zero attached hydrogens (tertiary/aromatic N) is 2. The molecule has 1 aliphatic heterocycles. The minimum atomic E-state index is -4.26. The van der Waals surface area contributed by atoms with E-state index in [-0.39, 0.29) is 37.8 Å². The van der Waals surface area contributed by atoms with Crippen LogP contribution in [0.5, 0.6) is 0 Å². The lowest BCUT2D eigenvalue weighted by Gasteiger charge is -2.30. The van der Waals surface area contributed by atoms with Crippen molar-refractivity contribution in [2.45, 2.75) is 57.3 Å². The second kappa shape index (κ2) is 15.1. The molecular formula is C31H34F4N2O5S. The summed E-state index contributed by atoms with van der Waals surface area (Å²) in [4.78, 5) is 16.5. The number of rotatable bonds is 15. The summed E-state index contributed by atoms with van der Waals surface area (Å²) in [5.41, 5.74) is -1.13. The van der Waals surface area contributed by atoms with Crippen LogP contribution in [0.25, 0.3) is 0 Å². The van der Waals surface area contributed by atoms with E-state index in [1.807, 2.05) is 30.3 Å². The van der Waals surface area contributed by atoms with Crippen molar-refractivity contribution >= 4 is 33.7 Å². The van der Waals surface area contributed by atoms with Crippen LogP contribution in [-0.4, -0.2) is 42.6 Å². The SMILES string of the molecule is CC1(CCCCS(=O)(=O)O)\C(=C/C=C/C=C/C=Nc2ccccc2)N(CCCCCC(=O)O)c2c(F)c(F)c(F)c(F)c21. The number of fused-ring (bicyclic) bond motifs is 1. The third-order valence-corrected chi connectivity index (χ3v) is 7.98. The first-order valence-electron chi connectivity index (χ1n) is 13.8. The number of halogens is 4. The monoisotopic (exact) mass is 622 g/mol. The normalized spacial score (nSPS) is 18.1. The zero-order valence-corrected chi connectivity index (χ0v) is 24.5. The Balaban J connectivity index is 1.98. The molecule has 0 bridgehead atoms. The van der Waals surface area contributed by atoms with Gasteiger partial charge in [-0.1, -0.05) is 49.3 Å². The summed E-state index contributed by atoms with van der Waals surface area (Å²) >= 11 is 0. The summed E-state index contributed by atoms with van der Waals surface area (Å²) in [6, 6.07) is 9.24. The van der Waals surface area contributed by atoms with Crippen molar-refractivity contribution in [1.82, 2.24) is 0 Å². The fraction of sp³-hybridized carbons (Fsp3) is 0.355. The summed E-state index contributed by atoms with van der Waals surface area (Å²) < 4.78 is 91.3. The molecule has 232 valence electrons. The molecule has 2 aromatic carbocycles. The lowest BCUT2D eigenvalue weighted by molar-refractivity contribution is -0.137. The van der Waals surface area contributed by atoms with Crippen LogP contribution in [0, 0.1) is 23.3 Å². The number of aliphatic imine (C=N–C) groups is 1. The number of allylic oxidation sites excluding steroid dienone is 6. The maximum absolute atomic E-state index is 15.4. The Morgan fingerprint density at radius 2 is 1.58 bits per heavy atom. The van der Waals surface area contributed by atoms with Crippen molar-refractivity contribution in [1.29, 1.82) is 0 Å². The largest absolute Gasteiger partial charge is 0.481 e. The minimum Gasteiger partial charge on any atom is -0.481 e. The number of carboxylic acids is 1. The van der Waals surface area contributed by atoms with Crippen LogP contribution < -0.4 is 4.90 Å². The molecule has 0 saturated carbocycles. The van der Waals surface area contributed by atoms with E-state index >= 15 is 8.78 Å². The van der Waals surface area contributed by atoms with E-state index in [1.165, 1.54) is 4.90 Å². The highest BCUT2D eigenvalue weighted by Crippen LogP contribution is 2.53. The predicted molar refractivity (Wildman–Crippen MR) is 158 cm³/mol. The van der Waals surface area contributed by atoms with Crippen LogP contribution in [0.15, 0.2) is 71.4 Å². The average Bonchev–Trinajstić information content (AvgIpc) is 3.20. The van der Waals surface area contributed by atoms with Gasteiger partial charge in [0.15, 0.2) is 23.3 Å². The fourth-order valence-corrected chi connectivity index (χ4v) is 5.71. The Morgan fingerprint density at radius 3 is 2.26 bits per heavy atom. The summed E-state index contributed by atoms with van der Waals surface area (Å²) in [5, 5.41) is 8.91. The molecule has 3 rings (SSSR count). The highest BCUT2D eigenvalue weighted by molar-refractivity contribution is 7.85. The number of hydrogen-bond acceptors (Lipinski definition) is 5. The van der Waals surface area contributed by atoms with E-state index in [1.54, 1.807) is 43.5 Å². The van der Waals surface area contributed by atoms with Crippen LogP contribution >= 0.6 is 0 Å². The van der Waals surface area contributed by atoms with Crippen LogP contribution in [0.2, 0.25) is 0 Å². The van der Waals surface area contributed by atoms with Gasteiger partial charge in [0.1, 0.15) is 0 Å². The highest BCUT2D eigenvalue weighted by Gasteiger charge is 2.48. The second-order valence-electron chi connectivity index (χ2n) is 10.3. The number of anilines is 1. The van der Waals surface area contributed by atoms with Gasteiger partial charge in [0.05, 0.1) is 17.1 Å². The van der Waals surface area contributed by atoms with Crippen LogP contribution in [0.1, 0.15) is 57.4 Å². The third kappa shape index (κ3) is 8.87. The van der Waals surface area contributed by atoms with E-state index in [2.05, 4.69) is 4.99 Å². The van der Waals surface area contributed by atoms with E-state index in [9.17, 15) is 22.0 Å². The van der Waals surface area contributed by atoms with Gasteiger partial charge < -0.3 is 10.0 Å². The topological polar surface area (TPSA) is 107 Å². The lowest BCUT2D eigenvalue weighted by atomic mass is 9.76. The van der Waals surface area contributed by atoms with E-state index in [4.69, 9.17) is 9.66 Å². The molecule has 7 nitrogen and oxygen atoms in total. The highest BCUT2D eigenvalue weighted by atomic mass is 32.2. The maximum atomic E-state index is 15.4. The van der Waals surface area contributed by atoms with Gasteiger partial charge in [-0.15, -0.1) is 0 Å². The maximum Gasteiger partial charge on any atom is 0.303 e. The van der Waals surface area contributed by atoms with E-state index < -0.39 is 56.2 Å². The number of para-hydroxylation sites is 1. The van der Waals surface area contributed by atoms with Crippen LogP contribution in [0.4, 0.5) is 28.9 Å². The van der Waals surface area contributed by atoms with Crippen molar-refractivity contribution < 1.29 is 40.4 Å². The zero-order chi connectivity index (χ0) is 31.6. The number of carboxylic acid groups (broad SMARTS) is 1. The Bertz CT molecular complexity index is 1520. The molecule has 0 saturated heterocycles. The smallest absolute Gasteiger partial charge is 0.303 e. The van der Waals surface area contributed by atoms with E-state index in [0.717, 1.165) is 5.69 Å². The van der Waals surface area contributed by atoms with Crippen molar-refractivity contribution in [3.05, 3.63) is 95.2 Å². The first-order valence-corrected chi connectivity index (χ1v) is 15.4. The first kappa shape index (κ1) is 33.7. The molecule has 1 aliphatic rings. The number of carbonyl (C=O) groups is 1. The van der Waals surface area contributed by atoms with Gasteiger partial charge in [-0.25, -0.2) is 17.6 Å². The standard InChI is InChI=1S/C31H34F4N2O5S/c1-31(18-10-13-21-43(40,41)42)23(16-8-2-3-11-19-36-22-14-6-4-7-15-22)37(20-12-5-9-17-24(38)39)30-25(31)26(32)27(33)28(34)29(30)35/h2-4,6-8,11,14-16,19H,5,9-10,12-13,17-18,20-21H2,1H3,(H,38,39)(H,40,41,42)/b8-2+,11-3+,23-16+,36-19?. The molecule has 2 N–H and O–H groups in total. The number of aliphatic carboxylic acids is 1. The van der Waals surface area contributed by atoms with Crippen LogP contribution in [0.3, 0.4) is 0 Å². The second-order valence-corrected chi connectivity index (χ2v) is 11.9. The number of hydrogen-bond donors (Lipinski definition) is 2. The molecule has 1 unspecified atom stereocenters. The minimum absolute atomic E-state index is 0.000666. The van der Waals surface area contributed by atoms with Crippen molar-refractivity contribution in [3.8, 4) is 0 Å². The third-order valence-electron chi connectivity index (χ3n) is 7.17. The number of benzene rings is 2. The zero-order valence-electron chi connectivity index (χ0n) is 23.6. The molecule has 0 amide bonds. The van der Waals surface area contributed by atoms with Gasteiger partial charge in [0.2, 0.25) is 0 Å². The van der Waals surface area contributed by atoms with Gasteiger partial charge in [-0.2, -0.15) is 8.42 Å². The average molecular weight is 623 g/mol. The molecule has 0 aromatic heterocycles.